The van der Waals surface area contributed by atoms with Crippen molar-refractivity contribution >= 4 is 5.78 Å². The molecule has 0 heterocycles. The van der Waals surface area contributed by atoms with Gasteiger partial charge in [0.05, 0.1) is 12.7 Å². The van der Waals surface area contributed by atoms with E-state index in [1.54, 1.807) is 0 Å². The smallest absolute Gasteiger partial charge is 0.162 e. The number of benzene rings is 1. The fourth-order valence-electron chi connectivity index (χ4n) is 0.976. The van der Waals surface area contributed by atoms with Crippen LogP contribution < -0.4 is 4.74 Å². The van der Waals surface area contributed by atoms with Gasteiger partial charge in [-0.05, 0) is 13.0 Å². The number of carbonyl (C=O) groups is 1. The zero-order valence-corrected chi connectivity index (χ0v) is 7.30. The predicted molar refractivity (Wildman–Crippen MR) is 44.6 cm³/mol. The number of phenolic OH excluding ortho intramolecular Hbond substituents is 1. The van der Waals surface area contributed by atoms with Gasteiger partial charge in [0.2, 0.25) is 0 Å². The predicted octanol–water partition coefficient (Wildman–Crippen LogP) is 1.74. The van der Waals surface area contributed by atoms with E-state index in [0.717, 1.165) is 6.07 Å². The summed E-state index contributed by atoms with van der Waals surface area (Å²) >= 11 is 0. The fourth-order valence-corrected chi connectivity index (χ4v) is 0.976. The lowest BCUT2D eigenvalue weighted by Crippen LogP contribution is -1.98. The molecule has 0 aliphatic rings. The molecule has 0 atom stereocenters. The zero-order valence-electron chi connectivity index (χ0n) is 7.30. The number of aromatic hydroxyl groups is 1. The molecular weight excluding hydrogens is 175 g/mol. The summed E-state index contributed by atoms with van der Waals surface area (Å²) in [4.78, 5) is 10.9. The van der Waals surface area contributed by atoms with Crippen LogP contribution in [0.5, 0.6) is 11.5 Å². The molecule has 0 aliphatic heterocycles. The molecule has 0 unspecified atom stereocenters. The third-order valence-corrected chi connectivity index (χ3v) is 1.65. The number of hydrogen-bond donors (Lipinski definition) is 1. The van der Waals surface area contributed by atoms with Crippen LogP contribution in [0.25, 0.3) is 0 Å². The van der Waals surface area contributed by atoms with Crippen LogP contribution in [0, 0.1) is 5.82 Å². The monoisotopic (exact) mass is 184 g/mol. The van der Waals surface area contributed by atoms with Gasteiger partial charge in [0, 0.05) is 6.07 Å². The summed E-state index contributed by atoms with van der Waals surface area (Å²) in [5.74, 6) is -1.38. The third-order valence-electron chi connectivity index (χ3n) is 1.65. The first-order valence-corrected chi connectivity index (χ1v) is 3.63. The Morgan fingerprint density at radius 2 is 2.15 bits per heavy atom. The second-order valence-electron chi connectivity index (χ2n) is 2.56. The molecule has 0 amide bonds. The Morgan fingerprint density at radius 3 is 2.62 bits per heavy atom. The van der Waals surface area contributed by atoms with Crippen LogP contribution in [0.15, 0.2) is 12.1 Å². The SMILES string of the molecule is COc1cc(C(C)=O)c(F)cc1O. The molecule has 1 rings (SSSR count). The van der Waals surface area contributed by atoms with Gasteiger partial charge in [0.15, 0.2) is 17.3 Å². The van der Waals surface area contributed by atoms with E-state index in [1.165, 1.54) is 20.1 Å². The second kappa shape index (κ2) is 3.43. The maximum absolute atomic E-state index is 13.0. The number of phenols is 1. The second-order valence-corrected chi connectivity index (χ2v) is 2.56. The molecule has 0 saturated heterocycles. The van der Waals surface area contributed by atoms with Gasteiger partial charge in [-0.15, -0.1) is 0 Å². The average Bonchev–Trinajstić information content (AvgIpc) is 2.03. The molecule has 0 spiro atoms. The molecule has 1 aromatic carbocycles. The topological polar surface area (TPSA) is 46.5 Å². The van der Waals surface area contributed by atoms with Gasteiger partial charge in [-0.1, -0.05) is 0 Å². The zero-order chi connectivity index (χ0) is 10.0. The minimum atomic E-state index is -0.745. The Balaban J connectivity index is 3.30. The quantitative estimate of drug-likeness (QED) is 0.712. The molecule has 13 heavy (non-hydrogen) atoms. The van der Waals surface area contributed by atoms with Crippen molar-refractivity contribution in [3.8, 4) is 11.5 Å². The van der Waals surface area contributed by atoms with Crippen LogP contribution in [-0.4, -0.2) is 18.0 Å². The fraction of sp³-hybridized carbons (Fsp3) is 0.222. The molecule has 4 heteroatoms. The van der Waals surface area contributed by atoms with Crippen molar-refractivity contribution in [2.75, 3.05) is 7.11 Å². The number of Topliss-reactive ketones (excluding diaryl/α,β-unsaturated/α-hetero) is 1. The number of hydrogen-bond acceptors (Lipinski definition) is 3. The largest absolute Gasteiger partial charge is 0.504 e. The number of carbonyl (C=O) groups excluding carboxylic acids is 1. The highest BCUT2D eigenvalue weighted by Crippen LogP contribution is 2.28. The summed E-state index contributed by atoms with van der Waals surface area (Å²) in [5.41, 5.74) is -0.0883. The van der Waals surface area contributed by atoms with E-state index < -0.39 is 11.6 Å². The molecule has 70 valence electrons. The maximum Gasteiger partial charge on any atom is 0.162 e. The Labute approximate surface area is 74.8 Å². The molecule has 0 saturated carbocycles. The summed E-state index contributed by atoms with van der Waals surface area (Å²) in [6, 6.07) is 2.03. The van der Waals surface area contributed by atoms with E-state index >= 15 is 0 Å². The standard InChI is InChI=1S/C9H9FO3/c1-5(11)6-3-9(13-2)8(12)4-7(6)10/h3-4,12H,1-2H3. The summed E-state index contributed by atoms with van der Waals surface area (Å²) in [6.45, 7) is 1.24. The molecule has 0 bridgehead atoms. The van der Waals surface area contributed by atoms with E-state index in [1.807, 2.05) is 0 Å². The molecule has 0 aliphatic carbocycles. The molecule has 3 nitrogen and oxygen atoms in total. The minimum Gasteiger partial charge on any atom is -0.504 e. The van der Waals surface area contributed by atoms with Crippen molar-refractivity contribution in [1.29, 1.82) is 0 Å². The Kier molecular flexibility index (Phi) is 2.51. The lowest BCUT2D eigenvalue weighted by molar-refractivity contribution is 0.101. The lowest BCUT2D eigenvalue weighted by Gasteiger charge is -2.05. The Morgan fingerprint density at radius 1 is 1.54 bits per heavy atom. The number of ether oxygens (including phenoxy) is 1. The average molecular weight is 184 g/mol. The first-order chi connectivity index (χ1) is 6.06. The van der Waals surface area contributed by atoms with E-state index in [2.05, 4.69) is 0 Å². The van der Waals surface area contributed by atoms with Crippen LogP contribution in [0.3, 0.4) is 0 Å². The number of rotatable bonds is 2. The van der Waals surface area contributed by atoms with Crippen molar-refractivity contribution in [2.45, 2.75) is 6.92 Å². The summed E-state index contributed by atoms with van der Waals surface area (Å²) in [7, 11) is 1.33. The van der Waals surface area contributed by atoms with E-state index in [9.17, 15) is 9.18 Å². The van der Waals surface area contributed by atoms with Crippen molar-refractivity contribution in [2.24, 2.45) is 0 Å². The van der Waals surface area contributed by atoms with Crippen LogP contribution in [0.4, 0.5) is 4.39 Å². The summed E-state index contributed by atoms with van der Waals surface area (Å²) < 4.78 is 17.7. The summed E-state index contributed by atoms with van der Waals surface area (Å²) in [6.07, 6.45) is 0. The molecule has 1 N–H and O–H groups in total. The normalized spacial score (nSPS) is 9.77. The highest BCUT2D eigenvalue weighted by Gasteiger charge is 2.12. The van der Waals surface area contributed by atoms with Gasteiger partial charge < -0.3 is 9.84 Å². The van der Waals surface area contributed by atoms with Gasteiger partial charge in [0.1, 0.15) is 5.82 Å². The first kappa shape index (κ1) is 9.51. The molecule has 0 radical (unpaired) electrons. The maximum atomic E-state index is 13.0. The molecule has 0 aromatic heterocycles. The van der Waals surface area contributed by atoms with Crippen LogP contribution in [0.1, 0.15) is 17.3 Å². The van der Waals surface area contributed by atoms with E-state index in [-0.39, 0.29) is 17.1 Å². The Hall–Kier alpha value is -1.58. The molecular formula is C9H9FO3. The van der Waals surface area contributed by atoms with Gasteiger partial charge in [0.25, 0.3) is 0 Å². The van der Waals surface area contributed by atoms with Crippen molar-refractivity contribution in [3.05, 3.63) is 23.5 Å². The minimum absolute atomic E-state index is 0.0883. The lowest BCUT2D eigenvalue weighted by atomic mass is 10.1. The molecule has 1 aromatic rings. The first-order valence-electron chi connectivity index (χ1n) is 3.63. The number of ketones is 1. The highest BCUT2D eigenvalue weighted by molar-refractivity contribution is 5.95. The summed E-state index contributed by atoms with van der Waals surface area (Å²) in [5, 5.41) is 9.12. The van der Waals surface area contributed by atoms with Crippen LogP contribution >= 0.6 is 0 Å². The number of halogens is 1. The van der Waals surface area contributed by atoms with Gasteiger partial charge in [-0.25, -0.2) is 4.39 Å². The number of methoxy groups -OCH3 is 1. The highest BCUT2D eigenvalue weighted by atomic mass is 19.1. The van der Waals surface area contributed by atoms with E-state index in [0.29, 0.717) is 0 Å². The molecule has 0 fully saturated rings. The van der Waals surface area contributed by atoms with Crippen molar-refractivity contribution in [3.63, 3.8) is 0 Å². The van der Waals surface area contributed by atoms with E-state index in [4.69, 9.17) is 9.84 Å². The Bertz CT molecular complexity index is 347. The van der Waals surface area contributed by atoms with Gasteiger partial charge in [-0.2, -0.15) is 0 Å². The van der Waals surface area contributed by atoms with Crippen LogP contribution in [-0.2, 0) is 0 Å². The van der Waals surface area contributed by atoms with Gasteiger partial charge in [-0.3, -0.25) is 4.79 Å². The van der Waals surface area contributed by atoms with Crippen molar-refractivity contribution in [1.82, 2.24) is 0 Å². The van der Waals surface area contributed by atoms with Crippen molar-refractivity contribution < 1.29 is 19.0 Å². The van der Waals surface area contributed by atoms with Crippen LogP contribution in [0.2, 0.25) is 0 Å². The van der Waals surface area contributed by atoms with Gasteiger partial charge >= 0.3 is 0 Å². The third kappa shape index (κ3) is 1.77.